The van der Waals surface area contributed by atoms with Gasteiger partial charge in [-0.1, -0.05) is 17.7 Å². The van der Waals surface area contributed by atoms with Crippen LogP contribution in [0.1, 0.15) is 25.3 Å². The summed E-state index contributed by atoms with van der Waals surface area (Å²) in [5.74, 6) is -0.268. The highest BCUT2D eigenvalue weighted by Crippen LogP contribution is 2.44. The number of piperidine rings is 1. The molecule has 11 nitrogen and oxygen atoms in total. The van der Waals surface area contributed by atoms with Crippen molar-refractivity contribution < 1.29 is 31.1 Å². The molecule has 210 valence electrons. The van der Waals surface area contributed by atoms with Gasteiger partial charge in [0.05, 0.1) is 17.7 Å². The number of alkyl halides is 3. The Hall–Kier alpha value is -3.56. The van der Waals surface area contributed by atoms with Gasteiger partial charge in [0.15, 0.2) is 0 Å². The van der Waals surface area contributed by atoms with Gasteiger partial charge >= 0.3 is 6.18 Å². The molecule has 1 amide bonds. The van der Waals surface area contributed by atoms with Crippen molar-refractivity contribution in [2.75, 3.05) is 31.2 Å². The maximum atomic E-state index is 14.2. The number of aromatic amines is 1. The number of hydrogen-bond donors (Lipinski definition) is 4. The first-order valence-corrected chi connectivity index (χ1v) is 13.5. The molecule has 2 heterocycles. The molecule has 0 spiro atoms. The number of nitrogens with one attached hydrogen (secondary N) is 3. The van der Waals surface area contributed by atoms with Crippen molar-refractivity contribution in [1.29, 1.82) is 0 Å². The first-order valence-electron chi connectivity index (χ1n) is 11.6. The molecule has 0 bridgehead atoms. The predicted octanol–water partition coefficient (Wildman–Crippen LogP) is 3.77. The summed E-state index contributed by atoms with van der Waals surface area (Å²) in [6.45, 7) is 2.20. The SMILES string of the molecule is COc1ccc(-c2c(Cl)cc(Nc3n[nH]c(N)n3)cc2C(F)(F)F)cc1S(=O)(=O)NC1CCN(C(C)=O)CC1. The maximum absolute atomic E-state index is 14.2. The van der Waals surface area contributed by atoms with Crippen molar-refractivity contribution >= 4 is 45.1 Å². The zero-order chi connectivity index (χ0) is 28.5. The number of likely N-dealkylation sites (tertiary alicyclic amines) is 1. The van der Waals surface area contributed by atoms with Crippen LogP contribution in [0.4, 0.5) is 30.8 Å². The summed E-state index contributed by atoms with van der Waals surface area (Å²) < 4.78 is 77.0. The number of nitrogen functional groups attached to an aromatic ring is 1. The highest BCUT2D eigenvalue weighted by Gasteiger charge is 2.36. The van der Waals surface area contributed by atoms with Crippen molar-refractivity contribution in [3.63, 3.8) is 0 Å². The predicted molar refractivity (Wildman–Crippen MR) is 138 cm³/mol. The standard InChI is InChI=1S/C23H25ClF3N7O4S/c1-12(35)34-7-5-14(6-8-34)33-39(36,37)19-9-13(3-4-18(19)38-2)20-16(23(25,26)27)10-15(11-17(20)24)29-22-30-21(28)31-32-22/h3-4,9-11,14,33H,5-8H2,1-2H3,(H4,28,29,30,31,32). The van der Waals surface area contributed by atoms with Crippen molar-refractivity contribution in [3.8, 4) is 16.9 Å². The van der Waals surface area contributed by atoms with Crippen LogP contribution in [0.15, 0.2) is 35.2 Å². The van der Waals surface area contributed by atoms with Crippen LogP contribution in [0, 0.1) is 0 Å². The van der Waals surface area contributed by atoms with Crippen molar-refractivity contribution in [2.24, 2.45) is 0 Å². The van der Waals surface area contributed by atoms with Crippen LogP contribution >= 0.6 is 11.6 Å². The fraction of sp³-hybridized carbons (Fsp3) is 0.348. The number of benzene rings is 2. The molecular formula is C23H25ClF3N7O4S. The molecule has 1 aromatic heterocycles. The maximum Gasteiger partial charge on any atom is 0.417 e. The van der Waals surface area contributed by atoms with Crippen LogP contribution in [-0.2, 0) is 21.0 Å². The molecule has 39 heavy (non-hydrogen) atoms. The number of halogens is 4. The second-order valence-electron chi connectivity index (χ2n) is 8.81. The number of anilines is 3. The number of aromatic nitrogens is 3. The van der Waals surface area contributed by atoms with Gasteiger partial charge < -0.3 is 20.7 Å². The van der Waals surface area contributed by atoms with E-state index in [1.165, 1.54) is 32.2 Å². The van der Waals surface area contributed by atoms with E-state index in [0.29, 0.717) is 25.9 Å². The minimum Gasteiger partial charge on any atom is -0.495 e. The van der Waals surface area contributed by atoms with Crippen LogP contribution in [0.3, 0.4) is 0 Å². The van der Waals surface area contributed by atoms with Gasteiger partial charge in [-0.15, -0.1) is 5.10 Å². The molecule has 16 heteroatoms. The number of carbonyl (C=O) groups is 1. The van der Waals surface area contributed by atoms with Gasteiger partial charge in [-0.25, -0.2) is 18.2 Å². The lowest BCUT2D eigenvalue weighted by atomic mass is 9.98. The highest BCUT2D eigenvalue weighted by atomic mass is 35.5. The van der Waals surface area contributed by atoms with E-state index in [1.807, 2.05) is 0 Å². The average molecular weight is 588 g/mol. The zero-order valence-electron chi connectivity index (χ0n) is 20.8. The van der Waals surface area contributed by atoms with E-state index >= 15 is 0 Å². The van der Waals surface area contributed by atoms with E-state index in [2.05, 4.69) is 25.2 Å². The minimum absolute atomic E-state index is 0.0405. The Labute approximate surface area is 226 Å². The van der Waals surface area contributed by atoms with Crippen molar-refractivity contribution in [1.82, 2.24) is 24.8 Å². The largest absolute Gasteiger partial charge is 0.495 e. The van der Waals surface area contributed by atoms with Gasteiger partial charge in [0, 0.05) is 37.3 Å². The Morgan fingerprint density at radius 2 is 1.92 bits per heavy atom. The van der Waals surface area contributed by atoms with Crippen LogP contribution in [0.5, 0.6) is 5.75 Å². The van der Waals surface area contributed by atoms with Gasteiger partial charge in [0.2, 0.25) is 27.8 Å². The molecule has 4 rings (SSSR count). The van der Waals surface area contributed by atoms with Gasteiger partial charge in [-0.3, -0.25) is 4.79 Å². The number of hydrogen-bond acceptors (Lipinski definition) is 8. The van der Waals surface area contributed by atoms with Crippen LogP contribution in [0.25, 0.3) is 11.1 Å². The summed E-state index contributed by atoms with van der Waals surface area (Å²) >= 11 is 6.34. The lowest BCUT2D eigenvalue weighted by Crippen LogP contribution is -2.45. The highest BCUT2D eigenvalue weighted by molar-refractivity contribution is 7.89. The molecule has 1 saturated heterocycles. The van der Waals surface area contributed by atoms with Gasteiger partial charge in [0.25, 0.3) is 0 Å². The molecule has 0 saturated carbocycles. The molecule has 2 aromatic carbocycles. The van der Waals surface area contributed by atoms with Gasteiger partial charge in [-0.2, -0.15) is 18.2 Å². The summed E-state index contributed by atoms with van der Waals surface area (Å²) in [5, 5.41) is 8.39. The summed E-state index contributed by atoms with van der Waals surface area (Å²) in [6, 6.07) is 5.23. The molecule has 0 atom stereocenters. The second kappa shape index (κ2) is 10.9. The molecule has 1 aliphatic rings. The number of ether oxygens (including phenoxy) is 1. The number of amides is 1. The van der Waals surface area contributed by atoms with Crippen LogP contribution < -0.4 is 20.5 Å². The molecular weight excluding hydrogens is 563 g/mol. The normalized spacial score (nSPS) is 14.9. The Morgan fingerprint density at radius 3 is 2.49 bits per heavy atom. The first-order chi connectivity index (χ1) is 18.3. The minimum atomic E-state index is -4.85. The molecule has 0 aliphatic carbocycles. The van der Waals surface area contributed by atoms with Crippen LogP contribution in [-0.4, -0.2) is 60.6 Å². The van der Waals surface area contributed by atoms with E-state index in [4.69, 9.17) is 22.1 Å². The van der Waals surface area contributed by atoms with E-state index < -0.39 is 33.4 Å². The number of methoxy groups -OCH3 is 1. The fourth-order valence-corrected chi connectivity index (χ4v) is 6.12. The third kappa shape index (κ3) is 6.37. The Bertz CT molecular complexity index is 1490. The quantitative estimate of drug-likeness (QED) is 0.326. The molecule has 0 radical (unpaired) electrons. The molecule has 1 fully saturated rings. The number of carbonyl (C=O) groups excluding carboxylic acids is 1. The monoisotopic (exact) mass is 587 g/mol. The Kier molecular flexibility index (Phi) is 7.95. The van der Waals surface area contributed by atoms with Gasteiger partial charge in [-0.05, 0) is 42.7 Å². The molecule has 5 N–H and O–H groups in total. The molecule has 0 unspecified atom stereocenters. The lowest BCUT2D eigenvalue weighted by molar-refractivity contribution is -0.137. The van der Waals surface area contributed by atoms with E-state index in [9.17, 15) is 26.4 Å². The zero-order valence-corrected chi connectivity index (χ0v) is 22.3. The number of nitrogens with zero attached hydrogens (tertiary/aromatic N) is 3. The summed E-state index contributed by atoms with van der Waals surface area (Å²) in [7, 11) is -2.97. The summed E-state index contributed by atoms with van der Waals surface area (Å²) in [6.07, 6.45) is -4.08. The van der Waals surface area contributed by atoms with E-state index in [0.717, 1.165) is 12.1 Å². The smallest absolute Gasteiger partial charge is 0.417 e. The topological polar surface area (TPSA) is 155 Å². The van der Waals surface area contributed by atoms with Crippen molar-refractivity contribution in [2.45, 2.75) is 36.9 Å². The summed E-state index contributed by atoms with van der Waals surface area (Å²) in [5.41, 5.74) is 3.78. The van der Waals surface area contributed by atoms with E-state index in [-0.39, 0.29) is 44.7 Å². The van der Waals surface area contributed by atoms with Gasteiger partial charge in [0.1, 0.15) is 10.6 Å². The first kappa shape index (κ1) is 28.4. The Balaban J connectivity index is 1.72. The summed E-state index contributed by atoms with van der Waals surface area (Å²) in [4.78, 5) is 16.6. The third-order valence-electron chi connectivity index (χ3n) is 6.16. The second-order valence-corrected chi connectivity index (χ2v) is 10.9. The van der Waals surface area contributed by atoms with Crippen LogP contribution in [0.2, 0.25) is 5.02 Å². The molecule has 3 aromatic rings. The molecule has 1 aliphatic heterocycles. The van der Waals surface area contributed by atoms with E-state index in [1.54, 1.807) is 4.90 Å². The fourth-order valence-electron chi connectivity index (χ4n) is 4.29. The third-order valence-corrected chi connectivity index (χ3v) is 8.00. The average Bonchev–Trinajstić information content (AvgIpc) is 3.27. The number of sulfonamides is 1. The Morgan fingerprint density at radius 1 is 1.23 bits per heavy atom. The lowest BCUT2D eigenvalue weighted by Gasteiger charge is -2.31. The number of nitrogens with two attached hydrogens (primary N) is 1. The van der Waals surface area contributed by atoms with Crippen molar-refractivity contribution in [3.05, 3.63) is 40.9 Å². The number of rotatable bonds is 7. The number of H-pyrrole nitrogens is 1.